The number of hydrogen-bond donors (Lipinski definition) is 3. The number of carbonyl (C=O) groups excluding carboxylic acids is 2. The summed E-state index contributed by atoms with van der Waals surface area (Å²) in [5.74, 6) is 0.0192. The molecule has 0 bridgehead atoms. The third-order valence-electron chi connectivity index (χ3n) is 3.30. The van der Waals surface area contributed by atoms with Crippen molar-refractivity contribution in [3.8, 4) is 0 Å². The Kier molecular flexibility index (Phi) is 4.75. The molecule has 3 amide bonds. The van der Waals surface area contributed by atoms with Gasteiger partial charge in [-0.2, -0.15) is 0 Å². The molecule has 7 nitrogen and oxygen atoms in total. The Bertz CT molecular complexity index is 913. The number of benzene rings is 2. The summed E-state index contributed by atoms with van der Waals surface area (Å²) in [5, 5.41) is 7.80. The molecule has 0 spiro atoms. The van der Waals surface area contributed by atoms with E-state index in [1.165, 1.54) is 19.2 Å². The summed E-state index contributed by atoms with van der Waals surface area (Å²) in [5.41, 5.74) is 2.52. The van der Waals surface area contributed by atoms with Gasteiger partial charge >= 0.3 is 6.03 Å². The second-order valence-corrected chi connectivity index (χ2v) is 5.13. The fraction of sp³-hybridized carbons (Fsp3) is 0.0556. The molecule has 0 aliphatic rings. The SMILES string of the molecule is CNC(=O)Nc1cccc(NC(=O)/C=C/c2nc3ccccc3o2)c1. The third kappa shape index (κ3) is 4.23. The van der Waals surface area contributed by atoms with E-state index in [1.54, 1.807) is 24.3 Å². The van der Waals surface area contributed by atoms with Crippen LogP contribution in [0.5, 0.6) is 0 Å². The van der Waals surface area contributed by atoms with Gasteiger partial charge in [0.2, 0.25) is 11.8 Å². The highest BCUT2D eigenvalue weighted by molar-refractivity contribution is 6.02. The Balaban J connectivity index is 1.65. The molecular formula is C18H16N4O3. The van der Waals surface area contributed by atoms with Crippen molar-refractivity contribution in [1.29, 1.82) is 0 Å². The quantitative estimate of drug-likeness (QED) is 0.637. The van der Waals surface area contributed by atoms with Crippen molar-refractivity contribution in [2.24, 2.45) is 0 Å². The maximum atomic E-state index is 12.0. The highest BCUT2D eigenvalue weighted by Gasteiger charge is 2.04. The molecule has 3 rings (SSSR count). The molecule has 126 valence electrons. The summed E-state index contributed by atoms with van der Waals surface area (Å²) in [4.78, 5) is 27.6. The van der Waals surface area contributed by atoms with Crippen LogP contribution in [0.1, 0.15) is 5.89 Å². The van der Waals surface area contributed by atoms with Gasteiger partial charge in [-0.1, -0.05) is 18.2 Å². The van der Waals surface area contributed by atoms with Crippen LogP contribution in [0.4, 0.5) is 16.2 Å². The summed E-state index contributed by atoms with van der Waals surface area (Å²) in [6.07, 6.45) is 2.84. The van der Waals surface area contributed by atoms with E-state index in [2.05, 4.69) is 20.9 Å². The van der Waals surface area contributed by atoms with Gasteiger partial charge in [-0.25, -0.2) is 9.78 Å². The van der Waals surface area contributed by atoms with Gasteiger partial charge in [-0.15, -0.1) is 0 Å². The number of fused-ring (bicyclic) bond motifs is 1. The number of carbonyl (C=O) groups is 2. The molecule has 0 aliphatic carbocycles. The maximum Gasteiger partial charge on any atom is 0.318 e. The molecule has 0 saturated heterocycles. The number of amides is 3. The van der Waals surface area contributed by atoms with Gasteiger partial charge in [-0.05, 0) is 30.3 Å². The summed E-state index contributed by atoms with van der Waals surface area (Å²) in [7, 11) is 1.53. The molecule has 0 fully saturated rings. The van der Waals surface area contributed by atoms with E-state index in [0.29, 0.717) is 22.8 Å². The number of nitrogens with one attached hydrogen (secondary N) is 3. The predicted molar refractivity (Wildman–Crippen MR) is 96.2 cm³/mol. The molecule has 1 aromatic heterocycles. The Morgan fingerprint density at radius 2 is 1.80 bits per heavy atom. The smallest absolute Gasteiger partial charge is 0.318 e. The van der Waals surface area contributed by atoms with Crippen LogP contribution in [0, 0.1) is 0 Å². The zero-order valence-corrected chi connectivity index (χ0v) is 13.4. The average Bonchev–Trinajstić information content (AvgIpc) is 3.03. The first-order chi connectivity index (χ1) is 12.1. The van der Waals surface area contributed by atoms with E-state index in [1.807, 2.05) is 24.3 Å². The molecule has 25 heavy (non-hydrogen) atoms. The monoisotopic (exact) mass is 336 g/mol. The second kappa shape index (κ2) is 7.31. The van der Waals surface area contributed by atoms with Crippen LogP contribution in [0.2, 0.25) is 0 Å². The van der Waals surface area contributed by atoms with Gasteiger partial charge < -0.3 is 20.4 Å². The number of anilines is 2. The van der Waals surface area contributed by atoms with E-state index < -0.39 is 0 Å². The lowest BCUT2D eigenvalue weighted by Crippen LogP contribution is -2.24. The van der Waals surface area contributed by atoms with Crippen molar-refractivity contribution in [2.75, 3.05) is 17.7 Å². The largest absolute Gasteiger partial charge is 0.437 e. The zero-order valence-electron chi connectivity index (χ0n) is 13.4. The lowest BCUT2D eigenvalue weighted by atomic mass is 10.2. The standard InChI is InChI=1S/C18H16N4O3/c1-19-18(24)21-13-6-4-5-12(11-13)20-16(23)9-10-17-22-14-7-2-3-8-15(14)25-17/h2-11H,1H3,(H,20,23)(H2,19,21,24)/b10-9+. The number of para-hydroxylation sites is 2. The van der Waals surface area contributed by atoms with Crippen molar-refractivity contribution in [3.05, 3.63) is 60.5 Å². The van der Waals surface area contributed by atoms with Gasteiger partial charge in [0.25, 0.3) is 0 Å². The molecule has 0 aliphatic heterocycles. The van der Waals surface area contributed by atoms with Crippen LogP contribution in [0.15, 0.2) is 59.0 Å². The molecule has 7 heteroatoms. The highest BCUT2D eigenvalue weighted by atomic mass is 16.3. The van der Waals surface area contributed by atoms with Gasteiger partial charge in [0.05, 0.1) is 0 Å². The van der Waals surface area contributed by atoms with Crippen LogP contribution in [0.25, 0.3) is 17.2 Å². The van der Waals surface area contributed by atoms with Crippen molar-refractivity contribution < 1.29 is 14.0 Å². The molecule has 1 heterocycles. The number of hydrogen-bond acceptors (Lipinski definition) is 4. The zero-order chi connectivity index (χ0) is 17.6. The summed E-state index contributed by atoms with van der Waals surface area (Å²) in [6.45, 7) is 0. The Hall–Kier alpha value is -3.61. The van der Waals surface area contributed by atoms with Gasteiger partial charge in [0, 0.05) is 30.6 Å². The average molecular weight is 336 g/mol. The van der Waals surface area contributed by atoms with Crippen molar-refractivity contribution in [3.63, 3.8) is 0 Å². The molecule has 2 aromatic carbocycles. The Morgan fingerprint density at radius 1 is 1.04 bits per heavy atom. The highest BCUT2D eigenvalue weighted by Crippen LogP contribution is 2.17. The van der Waals surface area contributed by atoms with Gasteiger partial charge in [0.1, 0.15) is 5.52 Å². The minimum Gasteiger partial charge on any atom is -0.437 e. The Labute approximate surface area is 143 Å². The molecule has 3 N–H and O–H groups in total. The lowest BCUT2D eigenvalue weighted by Gasteiger charge is -2.07. The van der Waals surface area contributed by atoms with Crippen LogP contribution in [-0.4, -0.2) is 24.0 Å². The summed E-state index contributed by atoms with van der Waals surface area (Å²) in [6, 6.07) is 13.9. The van der Waals surface area contributed by atoms with Crippen molar-refractivity contribution >= 4 is 40.5 Å². The molecule has 0 saturated carbocycles. The molecular weight excluding hydrogens is 320 g/mol. The molecule has 0 radical (unpaired) electrons. The van der Waals surface area contributed by atoms with Crippen molar-refractivity contribution in [2.45, 2.75) is 0 Å². The third-order valence-corrected chi connectivity index (χ3v) is 3.30. The number of rotatable bonds is 4. The van der Waals surface area contributed by atoms with Gasteiger partial charge in [-0.3, -0.25) is 4.79 Å². The second-order valence-electron chi connectivity index (χ2n) is 5.13. The van der Waals surface area contributed by atoms with Gasteiger partial charge in [0.15, 0.2) is 5.58 Å². The number of aromatic nitrogens is 1. The van der Waals surface area contributed by atoms with Crippen LogP contribution < -0.4 is 16.0 Å². The lowest BCUT2D eigenvalue weighted by molar-refractivity contribution is -0.111. The normalized spacial score (nSPS) is 10.8. The van der Waals surface area contributed by atoms with E-state index in [-0.39, 0.29) is 11.9 Å². The summed E-state index contributed by atoms with van der Waals surface area (Å²) < 4.78 is 5.51. The predicted octanol–water partition coefficient (Wildman–Crippen LogP) is 3.23. The van der Waals surface area contributed by atoms with E-state index >= 15 is 0 Å². The Morgan fingerprint density at radius 3 is 2.56 bits per heavy atom. The fourth-order valence-corrected chi connectivity index (χ4v) is 2.16. The van der Waals surface area contributed by atoms with E-state index in [4.69, 9.17) is 4.42 Å². The minimum atomic E-state index is -0.334. The van der Waals surface area contributed by atoms with Crippen LogP contribution in [0.3, 0.4) is 0 Å². The number of oxazole rings is 1. The molecule has 0 atom stereocenters. The minimum absolute atomic E-state index is 0.334. The first kappa shape index (κ1) is 16.3. The van der Waals surface area contributed by atoms with E-state index in [9.17, 15) is 9.59 Å². The summed E-state index contributed by atoms with van der Waals surface area (Å²) >= 11 is 0. The van der Waals surface area contributed by atoms with Crippen molar-refractivity contribution in [1.82, 2.24) is 10.3 Å². The first-order valence-corrected chi connectivity index (χ1v) is 7.57. The topological polar surface area (TPSA) is 96.3 Å². The van der Waals surface area contributed by atoms with Crippen LogP contribution in [-0.2, 0) is 4.79 Å². The first-order valence-electron chi connectivity index (χ1n) is 7.57. The van der Waals surface area contributed by atoms with Crippen LogP contribution >= 0.6 is 0 Å². The van der Waals surface area contributed by atoms with E-state index in [0.717, 1.165) is 5.52 Å². The maximum absolute atomic E-state index is 12.0. The number of nitrogens with zero attached hydrogens (tertiary/aromatic N) is 1. The fourth-order valence-electron chi connectivity index (χ4n) is 2.16. The molecule has 3 aromatic rings. The molecule has 0 unspecified atom stereocenters. The number of urea groups is 1.